The number of carbonyl (C=O) groups excluding carboxylic acids is 1. The number of amides is 1. The number of halogens is 1. The van der Waals surface area contributed by atoms with Crippen LogP contribution in [0.15, 0.2) is 42.5 Å². The number of methoxy groups -OCH3 is 1. The molecule has 0 saturated heterocycles. The average Bonchev–Trinajstić information content (AvgIpc) is 3.36. The van der Waals surface area contributed by atoms with Crippen molar-refractivity contribution in [2.75, 3.05) is 12.4 Å². The summed E-state index contributed by atoms with van der Waals surface area (Å²) in [5.41, 5.74) is 2.17. The Bertz CT molecular complexity index is 1010. The number of benzene rings is 2. The van der Waals surface area contributed by atoms with E-state index < -0.39 is 5.41 Å². The minimum absolute atomic E-state index is 0.113. The van der Waals surface area contributed by atoms with Crippen LogP contribution in [-0.4, -0.2) is 28.2 Å². The smallest absolute Gasteiger partial charge is 0.249 e. The van der Waals surface area contributed by atoms with E-state index >= 15 is 0 Å². The largest absolute Gasteiger partial charge is 0.496 e. The Hall–Kier alpha value is -2.86. The van der Waals surface area contributed by atoms with Crippen molar-refractivity contribution in [1.82, 2.24) is 15.2 Å². The lowest BCUT2D eigenvalue weighted by molar-refractivity contribution is -0.118. The van der Waals surface area contributed by atoms with Crippen LogP contribution in [0.3, 0.4) is 0 Å². The lowest BCUT2D eigenvalue weighted by atomic mass is 9.93. The third-order valence-corrected chi connectivity index (χ3v) is 5.31. The van der Waals surface area contributed by atoms with E-state index in [-0.39, 0.29) is 11.9 Å². The number of aromatic amines is 1. The van der Waals surface area contributed by atoms with E-state index in [2.05, 4.69) is 20.5 Å². The molecule has 0 aliphatic heterocycles. The van der Waals surface area contributed by atoms with Crippen molar-refractivity contribution in [3.8, 4) is 17.1 Å². The number of hydrogen-bond donors (Lipinski definition) is 2. The van der Waals surface area contributed by atoms with E-state index in [4.69, 9.17) is 16.3 Å². The molecule has 1 aliphatic carbocycles. The Morgan fingerprint density at radius 3 is 2.74 bits per heavy atom. The second-order valence-corrected chi connectivity index (χ2v) is 7.12. The van der Waals surface area contributed by atoms with E-state index in [1.807, 2.05) is 43.3 Å². The van der Waals surface area contributed by atoms with E-state index in [0.29, 0.717) is 10.8 Å². The van der Waals surface area contributed by atoms with Crippen LogP contribution in [0.2, 0.25) is 5.02 Å². The number of aromatic nitrogens is 3. The van der Waals surface area contributed by atoms with Gasteiger partial charge in [-0.1, -0.05) is 35.9 Å². The van der Waals surface area contributed by atoms with E-state index in [1.165, 1.54) is 0 Å². The third kappa shape index (κ3) is 3.17. The molecule has 0 bridgehead atoms. The molecule has 6 nitrogen and oxygen atoms in total. The zero-order chi connectivity index (χ0) is 19.0. The van der Waals surface area contributed by atoms with Gasteiger partial charge in [0.05, 0.1) is 17.5 Å². The molecule has 2 aromatic carbocycles. The normalized spacial score (nSPS) is 14.6. The number of H-pyrrole nitrogens is 1. The summed E-state index contributed by atoms with van der Waals surface area (Å²) in [5.74, 6) is 1.42. The number of carbonyl (C=O) groups is 1. The number of hydrogen-bond acceptors (Lipinski definition) is 4. The molecule has 138 valence electrons. The van der Waals surface area contributed by atoms with E-state index in [0.717, 1.165) is 35.3 Å². The summed E-state index contributed by atoms with van der Waals surface area (Å²) in [5, 5.41) is 10.3. The molecule has 0 radical (unpaired) electrons. The van der Waals surface area contributed by atoms with Crippen molar-refractivity contribution in [2.24, 2.45) is 0 Å². The standard InChI is InChI=1S/C20H19ClN4O2/c1-12-7-8-13(11-16(12)27-2)20(9-10-20)18(26)23-19-22-17(24-25-19)14-5-3-4-6-15(14)21/h3-8,11H,9-10H2,1-2H3,(H2,22,23,24,25,26). The number of anilines is 1. The predicted octanol–water partition coefficient (Wildman–Crippen LogP) is 4.11. The van der Waals surface area contributed by atoms with Gasteiger partial charge in [0, 0.05) is 5.56 Å². The summed E-state index contributed by atoms with van der Waals surface area (Å²) in [6.45, 7) is 1.98. The van der Waals surface area contributed by atoms with Crippen LogP contribution >= 0.6 is 11.6 Å². The van der Waals surface area contributed by atoms with Gasteiger partial charge in [-0.3, -0.25) is 15.2 Å². The molecule has 1 heterocycles. The summed E-state index contributed by atoms with van der Waals surface area (Å²) in [6.07, 6.45) is 1.57. The number of rotatable bonds is 5. The first-order chi connectivity index (χ1) is 13.0. The summed E-state index contributed by atoms with van der Waals surface area (Å²) in [6, 6.07) is 13.2. The number of nitrogens with zero attached hydrogens (tertiary/aromatic N) is 2. The highest BCUT2D eigenvalue weighted by atomic mass is 35.5. The third-order valence-electron chi connectivity index (χ3n) is 4.99. The highest BCUT2D eigenvalue weighted by Gasteiger charge is 2.51. The van der Waals surface area contributed by atoms with Gasteiger partial charge in [0.1, 0.15) is 5.75 Å². The van der Waals surface area contributed by atoms with E-state index in [1.54, 1.807) is 13.2 Å². The Balaban J connectivity index is 1.55. The summed E-state index contributed by atoms with van der Waals surface area (Å²) in [7, 11) is 1.63. The van der Waals surface area contributed by atoms with Gasteiger partial charge in [0.15, 0.2) is 5.82 Å². The monoisotopic (exact) mass is 382 g/mol. The molecule has 3 aromatic rings. The quantitative estimate of drug-likeness (QED) is 0.695. The van der Waals surface area contributed by atoms with Crippen LogP contribution in [-0.2, 0) is 10.2 Å². The first-order valence-electron chi connectivity index (χ1n) is 8.67. The fourth-order valence-electron chi connectivity index (χ4n) is 3.20. The molecule has 1 aromatic heterocycles. The van der Waals surface area contributed by atoms with Gasteiger partial charge in [0.25, 0.3) is 0 Å². The number of ether oxygens (including phenoxy) is 1. The summed E-state index contributed by atoms with van der Waals surface area (Å²) < 4.78 is 5.40. The lowest BCUT2D eigenvalue weighted by Gasteiger charge is -2.16. The minimum atomic E-state index is -0.549. The molecule has 1 fully saturated rings. The second kappa shape index (κ2) is 6.70. The van der Waals surface area contributed by atoms with Crippen LogP contribution < -0.4 is 10.1 Å². The van der Waals surface area contributed by atoms with Crippen molar-refractivity contribution in [3.05, 3.63) is 58.6 Å². The Kier molecular flexibility index (Phi) is 4.36. The van der Waals surface area contributed by atoms with Gasteiger partial charge in [-0.2, -0.15) is 4.98 Å². The maximum absolute atomic E-state index is 12.9. The Labute approximate surface area is 161 Å². The Morgan fingerprint density at radius 2 is 2.04 bits per heavy atom. The molecule has 0 spiro atoms. The molecule has 0 atom stereocenters. The zero-order valence-corrected chi connectivity index (χ0v) is 15.8. The van der Waals surface area contributed by atoms with Crippen LogP contribution in [0.1, 0.15) is 24.0 Å². The minimum Gasteiger partial charge on any atom is -0.496 e. The SMILES string of the molecule is COc1cc(C2(C(=O)Nc3n[nH]c(-c4ccccc4Cl)n3)CC2)ccc1C. The van der Waals surface area contributed by atoms with Crippen molar-refractivity contribution in [3.63, 3.8) is 0 Å². The lowest BCUT2D eigenvalue weighted by Crippen LogP contribution is -2.28. The summed E-state index contributed by atoms with van der Waals surface area (Å²) >= 11 is 6.19. The highest BCUT2D eigenvalue weighted by molar-refractivity contribution is 6.33. The first kappa shape index (κ1) is 17.5. The molecular weight excluding hydrogens is 364 g/mol. The fourth-order valence-corrected chi connectivity index (χ4v) is 3.43. The van der Waals surface area contributed by atoms with Gasteiger partial charge in [-0.25, -0.2) is 0 Å². The second-order valence-electron chi connectivity index (χ2n) is 6.71. The number of nitrogens with one attached hydrogen (secondary N) is 2. The molecule has 0 unspecified atom stereocenters. The first-order valence-corrected chi connectivity index (χ1v) is 9.05. The van der Waals surface area contributed by atoms with Crippen molar-refractivity contribution in [2.45, 2.75) is 25.2 Å². The highest BCUT2D eigenvalue weighted by Crippen LogP contribution is 2.49. The molecule has 7 heteroatoms. The van der Waals surface area contributed by atoms with Crippen LogP contribution in [0, 0.1) is 6.92 Å². The van der Waals surface area contributed by atoms with Gasteiger partial charge >= 0.3 is 0 Å². The van der Waals surface area contributed by atoms with Crippen LogP contribution in [0.5, 0.6) is 5.75 Å². The van der Waals surface area contributed by atoms with Crippen molar-refractivity contribution >= 4 is 23.5 Å². The topological polar surface area (TPSA) is 79.9 Å². The average molecular weight is 383 g/mol. The maximum atomic E-state index is 12.9. The number of aryl methyl sites for hydroxylation is 1. The van der Waals surface area contributed by atoms with Crippen LogP contribution in [0.4, 0.5) is 5.95 Å². The predicted molar refractivity (Wildman–Crippen MR) is 104 cm³/mol. The molecule has 1 saturated carbocycles. The molecular formula is C20H19ClN4O2. The fraction of sp³-hybridized carbons (Fsp3) is 0.250. The van der Waals surface area contributed by atoms with Gasteiger partial charge in [0.2, 0.25) is 11.9 Å². The van der Waals surface area contributed by atoms with Crippen molar-refractivity contribution < 1.29 is 9.53 Å². The van der Waals surface area contributed by atoms with Gasteiger partial charge in [-0.05, 0) is 49.1 Å². The van der Waals surface area contributed by atoms with Gasteiger partial charge < -0.3 is 4.74 Å². The maximum Gasteiger partial charge on any atom is 0.249 e. The molecule has 1 amide bonds. The molecule has 1 aliphatic rings. The van der Waals surface area contributed by atoms with Crippen LogP contribution in [0.25, 0.3) is 11.4 Å². The Morgan fingerprint density at radius 1 is 1.26 bits per heavy atom. The van der Waals surface area contributed by atoms with Gasteiger partial charge in [-0.15, -0.1) is 5.10 Å². The van der Waals surface area contributed by atoms with E-state index in [9.17, 15) is 4.79 Å². The zero-order valence-electron chi connectivity index (χ0n) is 15.0. The molecule has 4 rings (SSSR count). The molecule has 27 heavy (non-hydrogen) atoms. The summed E-state index contributed by atoms with van der Waals surface area (Å²) in [4.78, 5) is 17.3. The van der Waals surface area contributed by atoms with Crippen molar-refractivity contribution in [1.29, 1.82) is 0 Å². The molecule has 2 N–H and O–H groups in total.